The van der Waals surface area contributed by atoms with Crippen LogP contribution in [0.3, 0.4) is 0 Å². The summed E-state index contributed by atoms with van der Waals surface area (Å²) in [4.78, 5) is 1.27. The first-order valence-electron chi connectivity index (χ1n) is 3.16. The molecule has 0 atom stereocenters. The SMILES string of the molecule is CSc1ccc2nnsc2c1. The van der Waals surface area contributed by atoms with Crippen molar-refractivity contribution in [1.82, 2.24) is 9.59 Å². The Bertz CT molecular complexity index is 369. The Kier molecular flexibility index (Phi) is 1.79. The van der Waals surface area contributed by atoms with Crippen molar-refractivity contribution in [1.29, 1.82) is 0 Å². The third-order valence-corrected chi connectivity index (χ3v) is 2.87. The molecule has 0 N–H and O–H groups in total. The van der Waals surface area contributed by atoms with E-state index < -0.39 is 0 Å². The Morgan fingerprint density at radius 1 is 1.45 bits per heavy atom. The molecule has 1 aromatic carbocycles. The van der Waals surface area contributed by atoms with Crippen LogP contribution >= 0.6 is 23.3 Å². The third kappa shape index (κ3) is 1.23. The molecule has 2 nitrogen and oxygen atoms in total. The maximum absolute atomic E-state index is 3.95. The Morgan fingerprint density at radius 2 is 2.36 bits per heavy atom. The number of fused-ring (bicyclic) bond motifs is 1. The Morgan fingerprint density at radius 3 is 3.18 bits per heavy atom. The fourth-order valence-electron chi connectivity index (χ4n) is 0.886. The normalized spacial score (nSPS) is 10.6. The number of aromatic nitrogens is 2. The zero-order chi connectivity index (χ0) is 7.68. The molecule has 4 heteroatoms. The van der Waals surface area contributed by atoms with Gasteiger partial charge >= 0.3 is 0 Å². The van der Waals surface area contributed by atoms with Crippen LogP contribution in [0.5, 0.6) is 0 Å². The highest BCUT2D eigenvalue weighted by molar-refractivity contribution is 7.98. The van der Waals surface area contributed by atoms with Crippen LogP contribution < -0.4 is 0 Å². The lowest BCUT2D eigenvalue weighted by Crippen LogP contribution is -1.69. The van der Waals surface area contributed by atoms with Gasteiger partial charge in [0.15, 0.2) is 0 Å². The molecule has 11 heavy (non-hydrogen) atoms. The Hall–Kier alpha value is -0.610. The summed E-state index contributed by atoms with van der Waals surface area (Å²) in [6, 6.07) is 6.18. The van der Waals surface area contributed by atoms with Crippen LogP contribution in [-0.4, -0.2) is 15.8 Å². The molecule has 0 aliphatic heterocycles. The number of rotatable bonds is 1. The number of hydrogen-bond acceptors (Lipinski definition) is 4. The van der Waals surface area contributed by atoms with Crippen LogP contribution in [0, 0.1) is 0 Å². The second-order valence-corrected chi connectivity index (χ2v) is 3.77. The second kappa shape index (κ2) is 2.79. The van der Waals surface area contributed by atoms with E-state index in [4.69, 9.17) is 0 Å². The van der Waals surface area contributed by atoms with E-state index in [-0.39, 0.29) is 0 Å². The number of hydrogen-bond donors (Lipinski definition) is 0. The van der Waals surface area contributed by atoms with Gasteiger partial charge in [0.05, 0.1) is 4.70 Å². The standard InChI is InChI=1S/C7H6N2S2/c1-10-5-2-3-6-7(4-5)11-9-8-6/h2-4H,1H3. The largest absolute Gasteiger partial charge is 0.138 e. The molecule has 0 unspecified atom stereocenters. The lowest BCUT2D eigenvalue weighted by atomic mass is 10.3. The third-order valence-electron chi connectivity index (χ3n) is 1.45. The summed E-state index contributed by atoms with van der Waals surface area (Å²) in [6.45, 7) is 0. The van der Waals surface area contributed by atoms with E-state index in [0.29, 0.717) is 0 Å². The molecule has 2 aromatic rings. The molecule has 0 saturated carbocycles. The van der Waals surface area contributed by atoms with Crippen LogP contribution in [0.15, 0.2) is 23.1 Å². The summed E-state index contributed by atoms with van der Waals surface area (Å²) in [5.74, 6) is 0. The molecule has 2 rings (SSSR count). The monoisotopic (exact) mass is 182 g/mol. The molecular weight excluding hydrogens is 176 g/mol. The molecule has 1 aromatic heterocycles. The molecule has 56 valence electrons. The lowest BCUT2D eigenvalue weighted by Gasteiger charge is -1.92. The number of thioether (sulfide) groups is 1. The maximum atomic E-state index is 3.95. The smallest absolute Gasteiger partial charge is 0.106 e. The van der Waals surface area contributed by atoms with Gasteiger partial charge in [-0.25, -0.2) is 0 Å². The van der Waals surface area contributed by atoms with Gasteiger partial charge in [0.2, 0.25) is 0 Å². The van der Waals surface area contributed by atoms with Gasteiger partial charge in [0.25, 0.3) is 0 Å². The first kappa shape index (κ1) is 7.06. The van der Waals surface area contributed by atoms with Crippen LogP contribution in [0.1, 0.15) is 0 Å². The van der Waals surface area contributed by atoms with Crippen molar-refractivity contribution < 1.29 is 0 Å². The summed E-state index contributed by atoms with van der Waals surface area (Å²) in [5.41, 5.74) is 0.993. The second-order valence-electron chi connectivity index (χ2n) is 2.11. The van der Waals surface area contributed by atoms with E-state index >= 15 is 0 Å². The quantitative estimate of drug-likeness (QED) is 0.633. The molecule has 0 radical (unpaired) electrons. The highest BCUT2D eigenvalue weighted by Gasteiger charge is 1.97. The van der Waals surface area contributed by atoms with Gasteiger partial charge < -0.3 is 0 Å². The van der Waals surface area contributed by atoms with E-state index in [9.17, 15) is 0 Å². The van der Waals surface area contributed by atoms with Gasteiger partial charge in [0.1, 0.15) is 5.52 Å². The molecule has 0 bridgehead atoms. The van der Waals surface area contributed by atoms with E-state index in [1.54, 1.807) is 11.8 Å². The van der Waals surface area contributed by atoms with Crippen molar-refractivity contribution in [2.24, 2.45) is 0 Å². The van der Waals surface area contributed by atoms with Crippen molar-refractivity contribution in [2.45, 2.75) is 4.90 Å². The van der Waals surface area contributed by atoms with Gasteiger partial charge in [-0.3, -0.25) is 0 Å². The summed E-state index contributed by atoms with van der Waals surface area (Å²) in [7, 11) is 0. The summed E-state index contributed by atoms with van der Waals surface area (Å²) >= 11 is 3.18. The van der Waals surface area contributed by atoms with E-state index in [2.05, 4.69) is 28.0 Å². The molecule has 0 saturated heterocycles. The summed E-state index contributed by atoms with van der Waals surface area (Å²) in [5, 5.41) is 3.95. The fraction of sp³-hybridized carbons (Fsp3) is 0.143. The fourth-order valence-corrected chi connectivity index (χ4v) is 2.00. The van der Waals surface area contributed by atoms with Gasteiger partial charge in [0, 0.05) is 4.90 Å². The average molecular weight is 182 g/mol. The predicted octanol–water partition coefficient (Wildman–Crippen LogP) is 2.41. The minimum Gasteiger partial charge on any atom is -0.138 e. The van der Waals surface area contributed by atoms with Gasteiger partial charge in [-0.2, -0.15) is 0 Å². The van der Waals surface area contributed by atoms with E-state index in [0.717, 1.165) is 10.2 Å². The highest BCUT2D eigenvalue weighted by atomic mass is 32.2. The first-order valence-corrected chi connectivity index (χ1v) is 5.16. The molecule has 0 fully saturated rings. The van der Waals surface area contributed by atoms with Crippen LogP contribution in [-0.2, 0) is 0 Å². The molecule has 0 aliphatic rings. The number of nitrogens with zero attached hydrogens (tertiary/aromatic N) is 2. The van der Waals surface area contributed by atoms with Gasteiger partial charge in [-0.1, -0.05) is 4.49 Å². The van der Waals surface area contributed by atoms with Crippen LogP contribution in [0.2, 0.25) is 0 Å². The minimum absolute atomic E-state index is 0.993. The minimum atomic E-state index is 0.993. The van der Waals surface area contributed by atoms with Crippen LogP contribution in [0.4, 0.5) is 0 Å². The van der Waals surface area contributed by atoms with Crippen molar-refractivity contribution >= 4 is 33.5 Å². The van der Waals surface area contributed by atoms with Gasteiger partial charge in [-0.15, -0.1) is 16.9 Å². The Balaban J connectivity index is 2.67. The molecule has 1 heterocycles. The van der Waals surface area contributed by atoms with E-state index in [1.165, 1.54) is 16.4 Å². The molecule has 0 amide bonds. The Labute approximate surface area is 72.8 Å². The summed E-state index contributed by atoms with van der Waals surface area (Å²) in [6.07, 6.45) is 2.07. The van der Waals surface area contributed by atoms with Crippen molar-refractivity contribution in [3.8, 4) is 0 Å². The highest BCUT2D eigenvalue weighted by Crippen LogP contribution is 2.22. The topological polar surface area (TPSA) is 25.8 Å². The molecule has 0 aliphatic carbocycles. The van der Waals surface area contributed by atoms with Gasteiger partial charge in [-0.05, 0) is 36.0 Å². The number of benzene rings is 1. The summed E-state index contributed by atoms with van der Waals surface area (Å²) < 4.78 is 5.02. The average Bonchev–Trinajstić information content (AvgIpc) is 2.50. The zero-order valence-electron chi connectivity index (χ0n) is 5.94. The van der Waals surface area contributed by atoms with Crippen molar-refractivity contribution in [2.75, 3.05) is 6.26 Å². The molecule has 0 spiro atoms. The lowest BCUT2D eigenvalue weighted by molar-refractivity contribution is 1.20. The van der Waals surface area contributed by atoms with Crippen LogP contribution in [0.25, 0.3) is 10.2 Å². The first-order chi connectivity index (χ1) is 5.40. The predicted molar refractivity (Wildman–Crippen MR) is 49.2 cm³/mol. The molecular formula is C7H6N2S2. The maximum Gasteiger partial charge on any atom is 0.106 e. The zero-order valence-corrected chi connectivity index (χ0v) is 7.58. The van der Waals surface area contributed by atoms with Crippen molar-refractivity contribution in [3.63, 3.8) is 0 Å². The van der Waals surface area contributed by atoms with Crippen molar-refractivity contribution in [3.05, 3.63) is 18.2 Å². The van der Waals surface area contributed by atoms with E-state index in [1.807, 2.05) is 6.07 Å².